The number of benzene rings is 4. The molecule has 0 aliphatic rings. The van der Waals surface area contributed by atoms with E-state index < -0.39 is 7.26 Å². The van der Waals surface area contributed by atoms with Crippen LogP contribution in [0.1, 0.15) is 16.7 Å². The second kappa shape index (κ2) is 10.2. The molecule has 0 fully saturated rings. The standard InChI is InChI=1S/C27H20N2P.BrH/c28-19-22-11-10-12-23(20-29)27(22)21-30(24-13-4-1-5-14-24,25-15-6-2-7-16-25)26-17-8-3-9-18-26;/h1-18H,21H2;1H/q+1;/p-1. The highest BCUT2D eigenvalue weighted by Gasteiger charge is 2.46. The van der Waals surface area contributed by atoms with E-state index in [4.69, 9.17) is 0 Å². The van der Waals surface area contributed by atoms with Crippen molar-refractivity contribution < 1.29 is 17.0 Å². The predicted molar refractivity (Wildman–Crippen MR) is 125 cm³/mol. The minimum atomic E-state index is -2.16. The fourth-order valence-corrected chi connectivity index (χ4v) is 8.27. The van der Waals surface area contributed by atoms with Gasteiger partial charge in [-0.3, -0.25) is 0 Å². The van der Waals surface area contributed by atoms with Gasteiger partial charge >= 0.3 is 0 Å². The summed E-state index contributed by atoms with van der Waals surface area (Å²) in [5, 5.41) is 23.3. The number of hydrogen-bond acceptors (Lipinski definition) is 2. The maximum atomic E-state index is 9.80. The van der Waals surface area contributed by atoms with Crippen molar-refractivity contribution in [2.75, 3.05) is 0 Å². The first-order valence-corrected chi connectivity index (χ1v) is 11.7. The molecular formula is C27H20BrN2P. The summed E-state index contributed by atoms with van der Waals surface area (Å²) in [5.74, 6) is 0. The van der Waals surface area contributed by atoms with Crippen molar-refractivity contribution >= 4 is 23.2 Å². The minimum Gasteiger partial charge on any atom is -1.00 e. The van der Waals surface area contributed by atoms with Crippen molar-refractivity contribution in [3.63, 3.8) is 0 Å². The summed E-state index contributed by atoms with van der Waals surface area (Å²) in [6.07, 6.45) is 0.623. The molecule has 0 aliphatic heterocycles. The van der Waals surface area contributed by atoms with Gasteiger partial charge in [-0.05, 0) is 48.5 Å². The smallest absolute Gasteiger partial charge is 0.116 e. The zero-order valence-corrected chi connectivity index (χ0v) is 19.3. The third-order valence-electron chi connectivity index (χ3n) is 5.40. The first kappa shape index (κ1) is 22.5. The van der Waals surface area contributed by atoms with Crippen molar-refractivity contribution in [2.24, 2.45) is 0 Å². The highest BCUT2D eigenvalue weighted by molar-refractivity contribution is 7.95. The van der Waals surface area contributed by atoms with Gasteiger partial charge in [0, 0.05) is 5.56 Å². The Balaban J connectivity index is 0.00000272. The van der Waals surface area contributed by atoms with E-state index >= 15 is 0 Å². The number of hydrogen-bond donors (Lipinski definition) is 0. The molecule has 0 amide bonds. The van der Waals surface area contributed by atoms with E-state index in [-0.39, 0.29) is 17.0 Å². The Morgan fingerprint density at radius 2 is 0.871 bits per heavy atom. The first-order chi connectivity index (χ1) is 14.8. The topological polar surface area (TPSA) is 47.6 Å². The number of nitriles is 2. The lowest BCUT2D eigenvalue weighted by molar-refractivity contribution is -0.00000627. The molecule has 4 rings (SSSR count). The Labute approximate surface area is 194 Å². The van der Waals surface area contributed by atoms with E-state index in [0.717, 1.165) is 5.56 Å². The molecule has 0 bridgehead atoms. The second-order valence-electron chi connectivity index (χ2n) is 7.03. The van der Waals surface area contributed by atoms with Gasteiger partial charge in [-0.15, -0.1) is 0 Å². The molecule has 4 aromatic rings. The van der Waals surface area contributed by atoms with E-state index in [1.165, 1.54) is 15.9 Å². The van der Waals surface area contributed by atoms with Crippen molar-refractivity contribution in [1.82, 2.24) is 0 Å². The van der Waals surface area contributed by atoms with Crippen LogP contribution in [0.25, 0.3) is 0 Å². The quantitative estimate of drug-likeness (QED) is 0.408. The minimum absolute atomic E-state index is 0. The van der Waals surface area contributed by atoms with Crippen LogP contribution in [0.15, 0.2) is 109 Å². The van der Waals surface area contributed by atoms with Crippen LogP contribution in [0.4, 0.5) is 0 Å². The van der Waals surface area contributed by atoms with E-state index in [1.54, 1.807) is 6.07 Å². The maximum Gasteiger partial charge on any atom is 0.116 e. The summed E-state index contributed by atoms with van der Waals surface area (Å²) in [7, 11) is -2.16. The Morgan fingerprint density at radius 3 is 1.19 bits per heavy atom. The van der Waals surface area contributed by atoms with Gasteiger partial charge in [0.15, 0.2) is 0 Å². The SMILES string of the molecule is N#Cc1cccc(C#N)c1C[P+](c1ccccc1)(c1ccccc1)c1ccccc1.[Br-]. The Bertz CT molecular complexity index is 1100. The molecule has 2 nitrogen and oxygen atoms in total. The second-order valence-corrected chi connectivity index (χ2v) is 10.5. The lowest BCUT2D eigenvalue weighted by Crippen LogP contribution is -3.00. The van der Waals surface area contributed by atoms with Gasteiger partial charge in [0.1, 0.15) is 29.3 Å². The molecule has 0 aliphatic carbocycles. The summed E-state index contributed by atoms with van der Waals surface area (Å²) in [4.78, 5) is 0. The average molecular weight is 483 g/mol. The molecule has 0 unspecified atom stereocenters. The molecule has 0 atom stereocenters. The maximum absolute atomic E-state index is 9.80. The highest BCUT2D eigenvalue weighted by Crippen LogP contribution is 2.58. The number of halogens is 1. The Kier molecular flexibility index (Phi) is 7.38. The van der Waals surface area contributed by atoms with Gasteiger partial charge in [-0.2, -0.15) is 10.5 Å². The van der Waals surface area contributed by atoms with Gasteiger partial charge < -0.3 is 17.0 Å². The third kappa shape index (κ3) is 4.30. The Hall–Kier alpha value is -3.23. The third-order valence-corrected chi connectivity index (χ3v) is 9.73. The van der Waals surface area contributed by atoms with Crippen LogP contribution in [0.5, 0.6) is 0 Å². The molecule has 31 heavy (non-hydrogen) atoms. The van der Waals surface area contributed by atoms with Crippen LogP contribution < -0.4 is 32.9 Å². The molecule has 0 N–H and O–H groups in total. The summed E-state index contributed by atoms with van der Waals surface area (Å²) in [6.45, 7) is 0. The molecule has 0 heterocycles. The van der Waals surface area contributed by atoms with E-state index in [1.807, 2.05) is 30.3 Å². The van der Waals surface area contributed by atoms with Crippen LogP contribution in [0.2, 0.25) is 0 Å². The van der Waals surface area contributed by atoms with Crippen molar-refractivity contribution in [1.29, 1.82) is 10.5 Å². The molecular weight excluding hydrogens is 463 g/mol. The summed E-state index contributed by atoms with van der Waals surface area (Å²) in [6, 6.07) is 41.6. The molecule has 0 saturated carbocycles. The molecule has 0 saturated heterocycles. The highest BCUT2D eigenvalue weighted by atomic mass is 79.9. The van der Waals surface area contributed by atoms with E-state index in [2.05, 4.69) is 84.9 Å². The fourth-order valence-electron chi connectivity index (χ4n) is 3.97. The zero-order chi connectivity index (χ0) is 20.8. The van der Waals surface area contributed by atoms with Gasteiger partial charge in [0.25, 0.3) is 0 Å². The Morgan fingerprint density at radius 1 is 0.516 bits per heavy atom. The summed E-state index contributed by atoms with van der Waals surface area (Å²) in [5.41, 5.74) is 1.97. The number of rotatable bonds is 5. The van der Waals surface area contributed by atoms with E-state index in [9.17, 15) is 10.5 Å². The van der Waals surface area contributed by atoms with Crippen LogP contribution in [0, 0.1) is 22.7 Å². The molecule has 0 aromatic heterocycles. The summed E-state index contributed by atoms with van der Waals surface area (Å²) >= 11 is 0. The lowest BCUT2D eigenvalue weighted by atomic mass is 10.0. The molecule has 4 heteroatoms. The van der Waals surface area contributed by atoms with Crippen LogP contribution in [-0.2, 0) is 6.16 Å². The van der Waals surface area contributed by atoms with Crippen molar-refractivity contribution in [2.45, 2.75) is 6.16 Å². The normalized spacial score (nSPS) is 10.4. The van der Waals surface area contributed by atoms with Crippen molar-refractivity contribution in [3.8, 4) is 12.1 Å². The average Bonchev–Trinajstić information content (AvgIpc) is 2.84. The van der Waals surface area contributed by atoms with Crippen LogP contribution >= 0.6 is 7.26 Å². The van der Waals surface area contributed by atoms with Crippen LogP contribution in [0.3, 0.4) is 0 Å². The first-order valence-electron chi connectivity index (χ1n) is 9.76. The van der Waals surface area contributed by atoms with Crippen LogP contribution in [-0.4, -0.2) is 0 Å². The molecule has 0 radical (unpaired) electrons. The molecule has 150 valence electrons. The van der Waals surface area contributed by atoms with Gasteiger partial charge in [-0.1, -0.05) is 60.7 Å². The molecule has 4 aromatic carbocycles. The fraction of sp³-hybridized carbons (Fsp3) is 0.0370. The predicted octanol–water partition coefficient (Wildman–Crippen LogP) is 1.93. The summed E-state index contributed by atoms with van der Waals surface area (Å²) < 4.78 is 0. The lowest BCUT2D eigenvalue weighted by Gasteiger charge is -2.28. The van der Waals surface area contributed by atoms with Gasteiger partial charge in [0.2, 0.25) is 0 Å². The van der Waals surface area contributed by atoms with Crippen molar-refractivity contribution in [3.05, 3.63) is 126 Å². The van der Waals surface area contributed by atoms with E-state index in [0.29, 0.717) is 17.3 Å². The monoisotopic (exact) mass is 482 g/mol. The number of nitrogens with zero attached hydrogens (tertiary/aromatic N) is 2. The molecule has 0 spiro atoms. The zero-order valence-electron chi connectivity index (χ0n) is 16.8. The largest absolute Gasteiger partial charge is 1.00 e. The van der Waals surface area contributed by atoms with Gasteiger partial charge in [0.05, 0.1) is 23.3 Å². The van der Waals surface area contributed by atoms with Gasteiger partial charge in [-0.25, -0.2) is 0 Å².